The lowest BCUT2D eigenvalue weighted by molar-refractivity contribution is -0.126. The lowest BCUT2D eigenvalue weighted by Gasteiger charge is -2.35. The molecule has 39 heavy (non-hydrogen) atoms. The van der Waals surface area contributed by atoms with E-state index < -0.39 is 17.4 Å². The van der Waals surface area contributed by atoms with Gasteiger partial charge in [0.15, 0.2) is 5.82 Å². The second-order valence-corrected chi connectivity index (χ2v) is 9.21. The SMILES string of the molecule is C=CC(=O)N1CCN(c2nc(CCNc3ncccn3)nc3c(F)c(-c4c(O)cccc4F)c(Cl)cc23)CC1. The monoisotopic (exact) mass is 551 g/mol. The number of phenols is 1. The van der Waals surface area contributed by atoms with Crippen molar-refractivity contribution in [2.24, 2.45) is 0 Å². The summed E-state index contributed by atoms with van der Waals surface area (Å²) in [6.45, 7) is 5.64. The second-order valence-electron chi connectivity index (χ2n) is 8.81. The van der Waals surface area contributed by atoms with Crippen molar-refractivity contribution in [2.45, 2.75) is 6.42 Å². The number of nitrogens with zero attached hydrogens (tertiary/aromatic N) is 6. The van der Waals surface area contributed by atoms with Gasteiger partial charge in [-0.15, -0.1) is 0 Å². The Bertz CT molecular complexity index is 1530. The van der Waals surface area contributed by atoms with E-state index in [4.69, 9.17) is 16.6 Å². The highest BCUT2D eigenvalue weighted by Crippen LogP contribution is 2.42. The number of carbonyl (C=O) groups is 1. The van der Waals surface area contributed by atoms with Gasteiger partial charge in [0.1, 0.15) is 28.7 Å². The van der Waals surface area contributed by atoms with Gasteiger partial charge in [0.2, 0.25) is 11.9 Å². The van der Waals surface area contributed by atoms with Gasteiger partial charge in [0.05, 0.1) is 10.6 Å². The highest BCUT2D eigenvalue weighted by molar-refractivity contribution is 6.34. The molecule has 1 fully saturated rings. The first-order valence-corrected chi connectivity index (χ1v) is 12.6. The zero-order valence-electron chi connectivity index (χ0n) is 20.7. The van der Waals surface area contributed by atoms with Crippen LogP contribution in [-0.4, -0.2) is 68.6 Å². The fourth-order valence-electron chi connectivity index (χ4n) is 4.51. The molecule has 9 nitrogen and oxygen atoms in total. The number of aromatic nitrogens is 4. The van der Waals surface area contributed by atoms with Gasteiger partial charge < -0.3 is 20.2 Å². The fraction of sp³-hybridized carbons (Fsp3) is 0.222. The van der Waals surface area contributed by atoms with Crippen LogP contribution in [0.3, 0.4) is 0 Å². The number of aromatic hydroxyl groups is 1. The van der Waals surface area contributed by atoms with Gasteiger partial charge in [-0.25, -0.2) is 28.7 Å². The number of benzene rings is 2. The summed E-state index contributed by atoms with van der Waals surface area (Å²) in [6, 6.07) is 6.88. The number of phenolic OH excluding ortho intramolecular Hbond substituents is 1. The van der Waals surface area contributed by atoms with Crippen LogP contribution in [0.15, 0.2) is 55.4 Å². The molecule has 1 amide bonds. The number of carbonyl (C=O) groups excluding carboxylic acids is 1. The summed E-state index contributed by atoms with van der Waals surface area (Å²) in [5.74, 6) is -1.10. The molecule has 1 aliphatic rings. The molecular weight excluding hydrogens is 528 g/mol. The first-order chi connectivity index (χ1) is 18.9. The number of amides is 1. The van der Waals surface area contributed by atoms with Crippen LogP contribution in [0.2, 0.25) is 5.02 Å². The molecule has 0 radical (unpaired) electrons. The van der Waals surface area contributed by atoms with Crippen LogP contribution in [0.5, 0.6) is 5.75 Å². The lowest BCUT2D eigenvalue weighted by Crippen LogP contribution is -2.48. The van der Waals surface area contributed by atoms with E-state index in [-0.39, 0.29) is 27.6 Å². The molecule has 2 aromatic heterocycles. The average molecular weight is 552 g/mol. The predicted octanol–water partition coefficient (Wildman–Crippen LogP) is 4.21. The summed E-state index contributed by atoms with van der Waals surface area (Å²) in [5, 5.41) is 13.6. The Hall–Kier alpha value is -4.38. The molecule has 0 aliphatic carbocycles. The molecule has 1 aliphatic heterocycles. The Morgan fingerprint density at radius 1 is 1.10 bits per heavy atom. The van der Waals surface area contributed by atoms with Crippen LogP contribution < -0.4 is 10.2 Å². The van der Waals surface area contributed by atoms with E-state index >= 15 is 4.39 Å². The quantitative estimate of drug-likeness (QED) is 0.329. The standard InChI is InChI=1S/C27H24ClF2N7O2/c1-2-21(39)36-11-13-37(14-12-36)26-16-15-17(28)22(23-18(29)5-3-6-19(23)38)24(30)25(16)34-20(35-26)7-10-33-27-31-8-4-9-32-27/h2-6,8-9,15,38H,1,7,10-14H2,(H,31,32,33). The van der Waals surface area contributed by atoms with Crippen molar-refractivity contribution in [3.8, 4) is 16.9 Å². The Morgan fingerprint density at radius 3 is 2.54 bits per heavy atom. The van der Waals surface area contributed by atoms with Crippen molar-refractivity contribution in [3.63, 3.8) is 0 Å². The number of halogens is 3. The fourth-order valence-corrected chi connectivity index (χ4v) is 4.80. The topological polar surface area (TPSA) is 107 Å². The highest BCUT2D eigenvalue weighted by atomic mass is 35.5. The van der Waals surface area contributed by atoms with Gasteiger partial charge in [-0.3, -0.25) is 4.79 Å². The second kappa shape index (κ2) is 11.2. The molecule has 2 N–H and O–H groups in total. The highest BCUT2D eigenvalue weighted by Gasteiger charge is 2.27. The number of hydrogen-bond acceptors (Lipinski definition) is 8. The molecule has 200 valence electrons. The average Bonchev–Trinajstić information content (AvgIpc) is 2.95. The molecule has 3 heterocycles. The minimum absolute atomic E-state index is 0.0578. The van der Waals surface area contributed by atoms with Gasteiger partial charge in [0.25, 0.3) is 0 Å². The minimum atomic E-state index is -0.873. The number of hydrogen-bond donors (Lipinski definition) is 2. The molecule has 1 saturated heterocycles. The Labute approximate surface area is 227 Å². The van der Waals surface area contributed by atoms with E-state index in [0.29, 0.717) is 62.1 Å². The maximum absolute atomic E-state index is 16.1. The summed E-state index contributed by atoms with van der Waals surface area (Å²) in [4.78, 5) is 33.1. The first-order valence-electron chi connectivity index (χ1n) is 12.2. The zero-order valence-corrected chi connectivity index (χ0v) is 21.5. The molecule has 12 heteroatoms. The van der Waals surface area contributed by atoms with E-state index in [1.807, 2.05) is 4.90 Å². The van der Waals surface area contributed by atoms with Gasteiger partial charge in [-0.05, 0) is 30.3 Å². The van der Waals surface area contributed by atoms with E-state index in [1.54, 1.807) is 23.4 Å². The van der Waals surface area contributed by atoms with E-state index in [9.17, 15) is 14.3 Å². The van der Waals surface area contributed by atoms with E-state index in [2.05, 4.69) is 26.8 Å². The van der Waals surface area contributed by atoms with Gasteiger partial charge in [-0.2, -0.15) is 0 Å². The Kier molecular flexibility index (Phi) is 7.51. The third-order valence-electron chi connectivity index (χ3n) is 6.41. The third kappa shape index (κ3) is 5.30. The first kappa shape index (κ1) is 26.2. The van der Waals surface area contributed by atoms with Crippen molar-refractivity contribution >= 4 is 40.2 Å². The summed E-state index contributed by atoms with van der Waals surface area (Å²) < 4.78 is 30.9. The molecule has 0 saturated carbocycles. The van der Waals surface area contributed by atoms with Gasteiger partial charge in [-0.1, -0.05) is 24.2 Å². The number of piperazine rings is 1. The maximum Gasteiger partial charge on any atom is 0.246 e. The van der Waals surface area contributed by atoms with Crippen LogP contribution in [0.25, 0.3) is 22.0 Å². The Morgan fingerprint density at radius 2 is 1.85 bits per heavy atom. The van der Waals surface area contributed by atoms with Crippen molar-refractivity contribution in [3.05, 3.63) is 77.9 Å². The molecule has 5 rings (SSSR count). The van der Waals surface area contributed by atoms with Crippen LogP contribution in [0.4, 0.5) is 20.5 Å². The van der Waals surface area contributed by atoms with Crippen molar-refractivity contribution < 1.29 is 18.7 Å². The van der Waals surface area contributed by atoms with E-state index in [1.165, 1.54) is 24.3 Å². The normalized spacial score (nSPS) is 13.5. The Balaban J connectivity index is 1.57. The molecular formula is C27H24ClF2N7O2. The largest absolute Gasteiger partial charge is 0.507 e. The van der Waals surface area contributed by atoms with Crippen LogP contribution in [0, 0.1) is 11.6 Å². The summed E-state index contributed by atoms with van der Waals surface area (Å²) >= 11 is 6.49. The van der Waals surface area contributed by atoms with Crippen molar-refractivity contribution in [2.75, 3.05) is 42.9 Å². The molecule has 2 aromatic carbocycles. The minimum Gasteiger partial charge on any atom is -0.507 e. The lowest BCUT2D eigenvalue weighted by atomic mass is 10.0. The number of fused-ring (bicyclic) bond motifs is 1. The number of anilines is 2. The van der Waals surface area contributed by atoms with Crippen molar-refractivity contribution in [1.29, 1.82) is 0 Å². The zero-order chi connectivity index (χ0) is 27.5. The molecule has 0 bridgehead atoms. The summed E-state index contributed by atoms with van der Waals surface area (Å²) in [5.41, 5.74) is -0.687. The van der Waals surface area contributed by atoms with Gasteiger partial charge in [0, 0.05) is 62.5 Å². The third-order valence-corrected chi connectivity index (χ3v) is 6.71. The number of rotatable bonds is 7. The molecule has 0 unspecified atom stereocenters. The maximum atomic E-state index is 16.1. The van der Waals surface area contributed by atoms with Crippen LogP contribution in [-0.2, 0) is 11.2 Å². The smallest absolute Gasteiger partial charge is 0.246 e. The van der Waals surface area contributed by atoms with Gasteiger partial charge >= 0.3 is 0 Å². The van der Waals surface area contributed by atoms with E-state index in [0.717, 1.165) is 6.07 Å². The summed E-state index contributed by atoms with van der Waals surface area (Å²) in [6.07, 6.45) is 4.79. The molecule has 0 spiro atoms. The van der Waals surface area contributed by atoms with Crippen LogP contribution in [0.1, 0.15) is 5.82 Å². The molecule has 0 atom stereocenters. The van der Waals surface area contributed by atoms with Crippen molar-refractivity contribution in [1.82, 2.24) is 24.8 Å². The summed E-state index contributed by atoms with van der Waals surface area (Å²) in [7, 11) is 0. The van der Waals surface area contributed by atoms with Crippen LogP contribution >= 0.6 is 11.6 Å². The molecule has 4 aromatic rings. The number of nitrogens with one attached hydrogen (secondary N) is 1. The predicted molar refractivity (Wildman–Crippen MR) is 145 cm³/mol.